The minimum absolute atomic E-state index is 0.0501. The molecule has 2 N–H and O–H groups in total. The van der Waals surface area contributed by atoms with Crippen LogP contribution in [-0.4, -0.2) is 72.6 Å². The van der Waals surface area contributed by atoms with E-state index in [0.717, 1.165) is 37.3 Å². The van der Waals surface area contributed by atoms with Crippen molar-refractivity contribution in [1.82, 2.24) is 9.80 Å². The first-order valence-electron chi connectivity index (χ1n) is 13.7. The molecule has 38 heavy (non-hydrogen) atoms. The van der Waals surface area contributed by atoms with Crippen molar-refractivity contribution >= 4 is 0 Å². The van der Waals surface area contributed by atoms with Gasteiger partial charge in [0.25, 0.3) is 0 Å². The van der Waals surface area contributed by atoms with Crippen LogP contribution in [0.15, 0.2) is 66.5 Å². The van der Waals surface area contributed by atoms with Crippen LogP contribution in [-0.2, 0) is 24.1 Å². The van der Waals surface area contributed by atoms with Crippen LogP contribution >= 0.6 is 0 Å². The molecule has 0 bridgehead atoms. The highest BCUT2D eigenvalue weighted by atomic mass is 16.5. The van der Waals surface area contributed by atoms with Gasteiger partial charge < -0.3 is 24.6 Å². The molecule has 2 aliphatic carbocycles. The lowest BCUT2D eigenvalue weighted by Gasteiger charge is -2.41. The number of methoxy groups -OCH3 is 1. The minimum atomic E-state index is -0.0501. The molecule has 3 atom stereocenters. The molecule has 0 aromatic heterocycles. The minimum Gasteiger partial charge on any atom is -0.508 e. The van der Waals surface area contributed by atoms with Gasteiger partial charge in [0.2, 0.25) is 0 Å². The molecule has 2 aromatic carbocycles. The van der Waals surface area contributed by atoms with Gasteiger partial charge in [-0.05, 0) is 112 Å². The van der Waals surface area contributed by atoms with Crippen LogP contribution in [0.1, 0.15) is 37.0 Å². The van der Waals surface area contributed by atoms with E-state index in [1.165, 1.54) is 16.7 Å². The van der Waals surface area contributed by atoms with E-state index in [0.29, 0.717) is 30.7 Å². The topological polar surface area (TPSA) is 65.4 Å². The fraction of sp³-hybridized carbons (Fsp3) is 0.500. The monoisotopic (exact) mass is 520 g/mol. The Morgan fingerprint density at radius 3 is 2.50 bits per heavy atom. The van der Waals surface area contributed by atoms with Crippen LogP contribution in [0.25, 0.3) is 0 Å². The van der Waals surface area contributed by atoms with Gasteiger partial charge in [-0.25, -0.2) is 0 Å². The quantitative estimate of drug-likeness (QED) is 0.444. The van der Waals surface area contributed by atoms with Gasteiger partial charge in [-0.15, -0.1) is 0 Å². The summed E-state index contributed by atoms with van der Waals surface area (Å²) in [4.78, 5) is 4.53. The van der Waals surface area contributed by atoms with Gasteiger partial charge in [0.05, 0.1) is 13.7 Å². The van der Waals surface area contributed by atoms with Crippen molar-refractivity contribution in [3.8, 4) is 11.5 Å². The molecule has 2 aromatic rings. The van der Waals surface area contributed by atoms with Crippen molar-refractivity contribution in [3.63, 3.8) is 0 Å². The van der Waals surface area contributed by atoms with Crippen LogP contribution < -0.4 is 4.74 Å². The van der Waals surface area contributed by atoms with Crippen molar-refractivity contribution in [3.05, 3.63) is 83.1 Å². The normalized spacial score (nSPS) is 21.4. The first-order valence-corrected chi connectivity index (χ1v) is 13.7. The maximum absolute atomic E-state index is 10.00. The van der Waals surface area contributed by atoms with Crippen molar-refractivity contribution in [1.29, 1.82) is 0 Å². The Hall–Kier alpha value is -2.80. The Morgan fingerprint density at radius 1 is 1.05 bits per heavy atom. The number of hydrogen-bond donors (Lipinski definition) is 2. The molecule has 0 radical (unpaired) electrons. The Morgan fingerprint density at radius 2 is 1.82 bits per heavy atom. The second-order valence-corrected chi connectivity index (χ2v) is 11.5. The number of ether oxygens (including phenoxy) is 2. The van der Waals surface area contributed by atoms with Gasteiger partial charge in [0.15, 0.2) is 0 Å². The average Bonchev–Trinajstić information content (AvgIpc) is 2.91. The first-order chi connectivity index (χ1) is 18.2. The highest BCUT2D eigenvalue weighted by molar-refractivity contribution is 5.37. The zero-order valence-corrected chi connectivity index (χ0v) is 23.6. The summed E-state index contributed by atoms with van der Waals surface area (Å²) < 4.78 is 11.7. The van der Waals surface area contributed by atoms with Crippen molar-refractivity contribution in [2.75, 3.05) is 41.0 Å². The van der Waals surface area contributed by atoms with E-state index in [1.54, 1.807) is 13.2 Å². The lowest BCUT2D eigenvalue weighted by Crippen LogP contribution is -2.44. The van der Waals surface area contributed by atoms with Gasteiger partial charge in [-0.3, -0.25) is 4.90 Å². The number of aliphatic hydroxyl groups excluding tert-OH is 1. The van der Waals surface area contributed by atoms with Crippen LogP contribution in [0.2, 0.25) is 0 Å². The molecule has 6 heteroatoms. The summed E-state index contributed by atoms with van der Waals surface area (Å²) >= 11 is 0. The summed E-state index contributed by atoms with van der Waals surface area (Å²) in [6.45, 7) is 6.34. The SMILES string of the molecule is COC1=CC(N(CCO)Cc2ccc(OCC(C)(C)N(C)C)cc2)C([C@@H]2CCc3cc(O)ccc3C2)C=C1. The van der Waals surface area contributed by atoms with Gasteiger partial charge in [-0.1, -0.05) is 24.3 Å². The predicted molar refractivity (Wildman–Crippen MR) is 152 cm³/mol. The maximum atomic E-state index is 10.00. The number of aryl methyl sites for hydroxylation is 1. The van der Waals surface area contributed by atoms with Crippen LogP contribution in [0.4, 0.5) is 0 Å². The molecule has 4 rings (SSSR count). The lowest BCUT2D eigenvalue weighted by molar-refractivity contribution is 0.113. The molecule has 0 heterocycles. The summed E-state index contributed by atoms with van der Waals surface area (Å²) in [5, 5.41) is 19.9. The van der Waals surface area contributed by atoms with E-state index in [-0.39, 0.29) is 18.2 Å². The fourth-order valence-electron chi connectivity index (χ4n) is 5.45. The number of hydrogen-bond acceptors (Lipinski definition) is 6. The van der Waals surface area contributed by atoms with E-state index in [9.17, 15) is 10.2 Å². The zero-order chi connectivity index (χ0) is 27.3. The molecule has 0 aliphatic heterocycles. The van der Waals surface area contributed by atoms with Gasteiger partial charge >= 0.3 is 0 Å². The fourth-order valence-corrected chi connectivity index (χ4v) is 5.45. The Bertz CT molecular complexity index is 1120. The number of nitrogens with zero attached hydrogens (tertiary/aromatic N) is 2. The number of phenols is 1. The summed E-state index contributed by atoms with van der Waals surface area (Å²) in [5.74, 6) is 2.85. The highest BCUT2D eigenvalue weighted by Gasteiger charge is 2.35. The second-order valence-electron chi connectivity index (χ2n) is 11.5. The van der Waals surface area contributed by atoms with Gasteiger partial charge in [0, 0.05) is 24.7 Å². The van der Waals surface area contributed by atoms with E-state index < -0.39 is 0 Å². The highest BCUT2D eigenvalue weighted by Crippen LogP contribution is 2.38. The molecule has 206 valence electrons. The van der Waals surface area contributed by atoms with Crippen LogP contribution in [0, 0.1) is 11.8 Å². The standard InChI is InChI=1S/C32H44N2O4/c1-32(2,33(3)4)22-38-28-12-6-23(7-13-28)21-34(16-17-35)31-20-29(37-5)14-15-30(31)26-9-8-25-19-27(36)11-10-24(25)18-26/h6-7,10-15,19-20,26,30-31,35-36H,8-9,16-18,21-22H2,1-5H3/t26-,30?,31?/m1/s1. The van der Waals surface area contributed by atoms with Gasteiger partial charge in [-0.2, -0.15) is 0 Å². The summed E-state index contributed by atoms with van der Waals surface area (Å²) in [6, 6.07) is 14.2. The molecule has 0 spiro atoms. The molecule has 0 saturated heterocycles. The van der Waals surface area contributed by atoms with E-state index in [1.807, 2.05) is 18.2 Å². The first kappa shape index (κ1) is 28.2. The number of phenolic OH excluding ortho intramolecular Hbond substituents is 1. The van der Waals surface area contributed by atoms with Crippen molar-refractivity contribution in [2.45, 2.75) is 51.2 Å². The third kappa shape index (κ3) is 6.79. The summed E-state index contributed by atoms with van der Waals surface area (Å²) in [5.41, 5.74) is 3.72. The number of likely N-dealkylation sites (N-methyl/N-ethyl adjacent to an activating group) is 1. The summed E-state index contributed by atoms with van der Waals surface area (Å²) in [6.07, 6.45) is 9.63. The van der Waals surface area contributed by atoms with Crippen molar-refractivity contribution < 1.29 is 19.7 Å². The molecular formula is C32H44N2O4. The number of aromatic hydroxyl groups is 1. The molecule has 2 aliphatic rings. The third-order valence-corrected chi connectivity index (χ3v) is 8.37. The molecule has 2 unspecified atom stereocenters. The largest absolute Gasteiger partial charge is 0.508 e. The van der Waals surface area contributed by atoms with Crippen LogP contribution in [0.5, 0.6) is 11.5 Å². The summed E-state index contributed by atoms with van der Waals surface area (Å²) in [7, 11) is 5.84. The Labute approximate surface area is 228 Å². The third-order valence-electron chi connectivity index (χ3n) is 8.37. The van der Waals surface area contributed by atoms with E-state index in [2.05, 4.69) is 74.2 Å². The Kier molecular flexibility index (Phi) is 9.19. The van der Waals surface area contributed by atoms with E-state index in [4.69, 9.17) is 9.47 Å². The second kappa shape index (κ2) is 12.4. The number of benzene rings is 2. The number of allylic oxidation sites excluding steroid dienone is 1. The van der Waals surface area contributed by atoms with Gasteiger partial charge in [0.1, 0.15) is 23.9 Å². The average molecular weight is 521 g/mol. The smallest absolute Gasteiger partial charge is 0.119 e. The predicted octanol–water partition coefficient (Wildman–Crippen LogP) is 4.80. The maximum Gasteiger partial charge on any atom is 0.119 e. The Balaban J connectivity index is 1.50. The molecule has 0 fully saturated rings. The van der Waals surface area contributed by atoms with Crippen molar-refractivity contribution in [2.24, 2.45) is 11.8 Å². The van der Waals surface area contributed by atoms with Crippen LogP contribution in [0.3, 0.4) is 0 Å². The number of rotatable bonds is 11. The van der Waals surface area contributed by atoms with E-state index >= 15 is 0 Å². The zero-order valence-electron chi connectivity index (χ0n) is 23.6. The molecule has 0 amide bonds. The number of fused-ring (bicyclic) bond motifs is 1. The molecule has 6 nitrogen and oxygen atoms in total. The molecular weight excluding hydrogens is 476 g/mol. The lowest BCUT2D eigenvalue weighted by atomic mass is 9.72. The molecule has 0 saturated carbocycles. The number of aliphatic hydroxyl groups is 1.